The quantitative estimate of drug-likeness (QED) is 0.630. The Morgan fingerprint density at radius 1 is 1.43 bits per heavy atom. The van der Waals surface area contributed by atoms with E-state index in [1.165, 1.54) is 4.88 Å². The molecule has 110 valence electrons. The smallest absolute Gasteiger partial charge is 0.250 e. The molecule has 3 rings (SSSR count). The Morgan fingerprint density at radius 3 is 3.00 bits per heavy atom. The number of nitrogens with two attached hydrogens (primary N) is 1. The topological polar surface area (TPSA) is 70.9 Å². The van der Waals surface area contributed by atoms with Gasteiger partial charge in [0.05, 0.1) is 20.4 Å². The van der Waals surface area contributed by atoms with Crippen LogP contribution in [-0.4, -0.2) is 11.5 Å². The van der Waals surface area contributed by atoms with Crippen LogP contribution in [0.25, 0.3) is 10.2 Å². The van der Waals surface area contributed by atoms with Crippen LogP contribution in [0.15, 0.2) is 32.8 Å². The number of hydrogen-bond acceptors (Lipinski definition) is 5. The van der Waals surface area contributed by atoms with Crippen LogP contribution in [-0.2, 0) is 13.0 Å². The Labute approximate surface area is 138 Å². The molecule has 0 spiro atoms. The molecule has 0 atom stereocenters. The van der Waals surface area contributed by atoms with Crippen LogP contribution in [0.2, 0.25) is 0 Å². The predicted molar refractivity (Wildman–Crippen MR) is 94.5 cm³/mol. The minimum atomic E-state index is -0.103. The highest BCUT2D eigenvalue weighted by Crippen LogP contribution is 2.37. The average Bonchev–Trinajstić information content (AvgIpc) is 3.07. The number of aromatic nitrogens is 1. The molecule has 3 heterocycles. The fourth-order valence-corrected chi connectivity index (χ4v) is 4.80. The predicted octanol–water partition coefficient (Wildman–Crippen LogP) is 3.53. The van der Waals surface area contributed by atoms with Gasteiger partial charge in [0.25, 0.3) is 5.56 Å². The van der Waals surface area contributed by atoms with Gasteiger partial charge in [-0.05, 0) is 40.3 Å². The highest BCUT2D eigenvalue weighted by atomic mass is 79.9. The van der Waals surface area contributed by atoms with Gasteiger partial charge < -0.3 is 16.0 Å². The normalized spacial score (nSPS) is 11.1. The van der Waals surface area contributed by atoms with E-state index in [1.54, 1.807) is 28.7 Å². The summed E-state index contributed by atoms with van der Waals surface area (Å²) in [6.45, 7) is 1.31. The van der Waals surface area contributed by atoms with Crippen molar-refractivity contribution >= 4 is 54.5 Å². The van der Waals surface area contributed by atoms with E-state index in [1.807, 2.05) is 11.4 Å². The van der Waals surface area contributed by atoms with Gasteiger partial charge in [0.15, 0.2) is 0 Å². The first-order valence-corrected chi connectivity index (χ1v) is 8.98. The number of aromatic amines is 1. The Kier molecular flexibility index (Phi) is 4.44. The van der Waals surface area contributed by atoms with Crippen LogP contribution >= 0.6 is 38.6 Å². The molecule has 0 bridgehead atoms. The molecule has 0 amide bonds. The Hall–Kier alpha value is -1.15. The van der Waals surface area contributed by atoms with Crippen LogP contribution < -0.4 is 16.6 Å². The van der Waals surface area contributed by atoms with Gasteiger partial charge in [-0.15, -0.1) is 22.7 Å². The number of hydrogen-bond donors (Lipinski definition) is 3. The number of fused-ring (bicyclic) bond motifs is 1. The highest BCUT2D eigenvalue weighted by molar-refractivity contribution is 9.10. The molecule has 0 aliphatic rings. The number of rotatable bonds is 5. The lowest BCUT2D eigenvalue weighted by molar-refractivity contribution is 0.985. The molecular formula is C14H14BrN3OS2. The van der Waals surface area contributed by atoms with Gasteiger partial charge in [-0.25, -0.2) is 0 Å². The Balaban J connectivity index is 2.00. The summed E-state index contributed by atoms with van der Waals surface area (Å²) in [5.41, 5.74) is 7.26. The van der Waals surface area contributed by atoms with Crippen molar-refractivity contribution in [1.82, 2.24) is 4.98 Å². The Morgan fingerprint density at radius 2 is 2.29 bits per heavy atom. The fraction of sp³-hybridized carbons (Fsp3) is 0.214. The van der Waals surface area contributed by atoms with E-state index in [0.717, 1.165) is 38.2 Å². The molecule has 7 heteroatoms. The molecule has 21 heavy (non-hydrogen) atoms. The maximum absolute atomic E-state index is 11.9. The fourth-order valence-electron chi connectivity index (χ4n) is 2.13. The molecule has 3 aromatic rings. The first-order valence-electron chi connectivity index (χ1n) is 6.49. The van der Waals surface area contributed by atoms with Crippen LogP contribution in [0.5, 0.6) is 0 Å². The van der Waals surface area contributed by atoms with Crippen LogP contribution in [0, 0.1) is 0 Å². The molecule has 4 N–H and O–H groups in total. The zero-order valence-corrected chi connectivity index (χ0v) is 14.3. The van der Waals surface area contributed by atoms with Gasteiger partial charge in [-0.1, -0.05) is 6.07 Å². The summed E-state index contributed by atoms with van der Waals surface area (Å²) in [5.74, 6) is 0. The third-order valence-electron chi connectivity index (χ3n) is 3.09. The van der Waals surface area contributed by atoms with Gasteiger partial charge in [0.2, 0.25) is 0 Å². The minimum Gasteiger partial charge on any atom is -0.379 e. The molecule has 0 unspecified atom stereocenters. The molecule has 0 saturated carbocycles. The number of H-pyrrole nitrogens is 1. The first-order chi connectivity index (χ1) is 10.2. The number of pyridine rings is 1. The van der Waals surface area contributed by atoms with E-state index in [4.69, 9.17) is 5.73 Å². The molecular weight excluding hydrogens is 370 g/mol. The third-order valence-corrected chi connectivity index (χ3v) is 6.39. The van der Waals surface area contributed by atoms with E-state index in [2.05, 4.69) is 32.3 Å². The third kappa shape index (κ3) is 3.06. The van der Waals surface area contributed by atoms with Crippen molar-refractivity contribution in [2.24, 2.45) is 5.73 Å². The second kappa shape index (κ2) is 6.31. The maximum Gasteiger partial charge on any atom is 0.250 e. The van der Waals surface area contributed by atoms with Gasteiger partial charge in [-0.2, -0.15) is 0 Å². The van der Waals surface area contributed by atoms with E-state index in [-0.39, 0.29) is 5.56 Å². The van der Waals surface area contributed by atoms with Crippen LogP contribution in [0.1, 0.15) is 9.75 Å². The molecule has 4 nitrogen and oxygen atoms in total. The van der Waals surface area contributed by atoms with Crippen molar-refractivity contribution in [3.63, 3.8) is 0 Å². The lowest BCUT2D eigenvalue weighted by atomic mass is 10.3. The molecule has 0 saturated heterocycles. The summed E-state index contributed by atoms with van der Waals surface area (Å²) in [6, 6.07) is 5.72. The van der Waals surface area contributed by atoms with E-state index in [0.29, 0.717) is 6.54 Å². The number of anilines is 1. The summed E-state index contributed by atoms with van der Waals surface area (Å²) >= 11 is 6.93. The largest absolute Gasteiger partial charge is 0.379 e. The van der Waals surface area contributed by atoms with E-state index < -0.39 is 0 Å². The molecule has 3 aromatic heterocycles. The lowest BCUT2D eigenvalue weighted by Crippen LogP contribution is -2.07. The van der Waals surface area contributed by atoms with Crippen molar-refractivity contribution in [3.05, 3.63) is 48.2 Å². The summed E-state index contributed by atoms with van der Waals surface area (Å²) in [7, 11) is 0. The summed E-state index contributed by atoms with van der Waals surface area (Å²) in [4.78, 5) is 17.1. The van der Waals surface area contributed by atoms with Crippen molar-refractivity contribution in [1.29, 1.82) is 0 Å². The van der Waals surface area contributed by atoms with Crippen molar-refractivity contribution in [3.8, 4) is 0 Å². The standard InChI is InChI=1S/C14H14BrN3OS2/c15-12-10(3-4-16)21-14-9(6-11(19)18-13(12)14)17-7-8-2-1-5-20-8/h1-2,5-6H,3-4,7,16H2,(H2,17,18,19). The summed E-state index contributed by atoms with van der Waals surface area (Å²) in [6.07, 6.45) is 0.798. The van der Waals surface area contributed by atoms with E-state index >= 15 is 0 Å². The van der Waals surface area contributed by atoms with Crippen molar-refractivity contribution in [2.75, 3.05) is 11.9 Å². The monoisotopic (exact) mass is 383 g/mol. The molecule has 0 radical (unpaired) electrons. The molecule has 0 aliphatic carbocycles. The van der Waals surface area contributed by atoms with Gasteiger partial charge in [-0.3, -0.25) is 4.79 Å². The zero-order chi connectivity index (χ0) is 14.8. The van der Waals surface area contributed by atoms with Crippen molar-refractivity contribution < 1.29 is 0 Å². The molecule has 0 aliphatic heterocycles. The van der Waals surface area contributed by atoms with Gasteiger partial charge in [0.1, 0.15) is 0 Å². The van der Waals surface area contributed by atoms with Crippen LogP contribution in [0.4, 0.5) is 5.69 Å². The lowest BCUT2D eigenvalue weighted by Gasteiger charge is -2.05. The molecule has 0 fully saturated rings. The van der Waals surface area contributed by atoms with Gasteiger partial charge in [0, 0.05) is 22.4 Å². The Bertz CT molecular complexity index is 808. The average molecular weight is 384 g/mol. The molecule has 0 aromatic carbocycles. The van der Waals surface area contributed by atoms with Gasteiger partial charge >= 0.3 is 0 Å². The minimum absolute atomic E-state index is 0.103. The summed E-state index contributed by atoms with van der Waals surface area (Å²) in [5, 5.41) is 5.41. The maximum atomic E-state index is 11.9. The van der Waals surface area contributed by atoms with Crippen LogP contribution in [0.3, 0.4) is 0 Å². The first kappa shape index (κ1) is 14.8. The van der Waals surface area contributed by atoms with E-state index in [9.17, 15) is 4.79 Å². The second-order valence-corrected chi connectivity index (χ2v) is 7.49. The number of nitrogens with one attached hydrogen (secondary N) is 2. The zero-order valence-electron chi connectivity index (χ0n) is 11.1. The van der Waals surface area contributed by atoms with Crippen molar-refractivity contribution in [2.45, 2.75) is 13.0 Å². The summed E-state index contributed by atoms with van der Waals surface area (Å²) < 4.78 is 2.01. The SMILES string of the molecule is NCCc1sc2c(NCc3cccs3)cc(=O)[nH]c2c1Br. The number of halogens is 1. The highest BCUT2D eigenvalue weighted by Gasteiger charge is 2.14. The number of thiophene rings is 2. The second-order valence-electron chi connectivity index (χ2n) is 4.56.